The summed E-state index contributed by atoms with van der Waals surface area (Å²) in [6.45, 7) is 1.30. The molecule has 0 amide bonds. The molecule has 3 nitrogen and oxygen atoms in total. The minimum absolute atomic E-state index is 0.0485. The highest BCUT2D eigenvalue weighted by atomic mass is 32.2. The topological polar surface area (TPSA) is 57.5 Å². The van der Waals surface area contributed by atoms with Gasteiger partial charge in [0.25, 0.3) is 0 Å². The van der Waals surface area contributed by atoms with E-state index in [1.807, 2.05) is 0 Å². The summed E-state index contributed by atoms with van der Waals surface area (Å²) in [5.41, 5.74) is 0. The average Bonchev–Trinajstić information content (AvgIpc) is 2.17. The van der Waals surface area contributed by atoms with Gasteiger partial charge in [-0.2, -0.15) is 0 Å². The molecule has 0 unspecified atom stereocenters. The van der Waals surface area contributed by atoms with Crippen molar-refractivity contribution in [1.82, 2.24) is 0 Å². The summed E-state index contributed by atoms with van der Waals surface area (Å²) in [5, 5.41) is 18.9. The Kier molecular flexibility index (Phi) is 4.58. The average molecular weight is 222 g/mol. The van der Waals surface area contributed by atoms with E-state index < -0.39 is 12.2 Å². The van der Waals surface area contributed by atoms with Crippen LogP contribution in [0.4, 0.5) is 0 Å². The third kappa shape index (κ3) is 3.16. The Balaban J connectivity index is 2.44. The molecule has 0 aliphatic carbocycles. The molecule has 13 heavy (non-hydrogen) atoms. The van der Waals surface area contributed by atoms with Gasteiger partial charge >= 0.3 is 0 Å². The van der Waals surface area contributed by atoms with Crippen LogP contribution in [0.5, 0.6) is 0 Å². The Hall–Kier alpha value is 0.290. The van der Waals surface area contributed by atoms with Crippen LogP contribution in [-0.2, 0) is 4.79 Å². The molecule has 2 N–H and O–H groups in total. The lowest BCUT2D eigenvalue weighted by Gasteiger charge is -2.27. The van der Waals surface area contributed by atoms with Crippen LogP contribution in [0.15, 0.2) is 0 Å². The van der Waals surface area contributed by atoms with Crippen LogP contribution in [-0.4, -0.2) is 44.3 Å². The molecule has 2 atom stereocenters. The fourth-order valence-corrected chi connectivity index (χ4v) is 4.02. The van der Waals surface area contributed by atoms with Crippen molar-refractivity contribution in [2.75, 3.05) is 11.5 Å². The first-order chi connectivity index (χ1) is 6.13. The molecule has 1 rings (SSSR count). The molecule has 0 radical (unpaired) electrons. The van der Waals surface area contributed by atoms with Crippen LogP contribution in [0, 0.1) is 0 Å². The first-order valence-corrected chi connectivity index (χ1v) is 6.32. The van der Waals surface area contributed by atoms with Gasteiger partial charge in [0, 0.05) is 0 Å². The lowest BCUT2D eigenvalue weighted by molar-refractivity contribution is -0.129. The molecule has 76 valence electrons. The van der Waals surface area contributed by atoms with E-state index in [0.717, 1.165) is 17.9 Å². The van der Waals surface area contributed by atoms with Gasteiger partial charge in [-0.1, -0.05) is 0 Å². The minimum Gasteiger partial charge on any atom is -0.388 e. The van der Waals surface area contributed by atoms with E-state index in [1.165, 1.54) is 6.92 Å². The van der Waals surface area contributed by atoms with Crippen molar-refractivity contribution in [2.45, 2.75) is 30.1 Å². The number of hydrogen-bond donors (Lipinski definition) is 2. The summed E-state index contributed by atoms with van der Waals surface area (Å²) in [6, 6.07) is 0. The summed E-state index contributed by atoms with van der Waals surface area (Å²) in [6.07, 6.45) is -1.01. The van der Waals surface area contributed by atoms with Crippen LogP contribution < -0.4 is 0 Å². The van der Waals surface area contributed by atoms with E-state index in [9.17, 15) is 15.0 Å². The van der Waals surface area contributed by atoms with Gasteiger partial charge < -0.3 is 10.2 Å². The number of ketones is 1. The Morgan fingerprint density at radius 2 is 1.92 bits per heavy atom. The molecular formula is C8H14O3S2. The second-order valence-corrected chi connectivity index (χ2v) is 5.81. The number of Topliss-reactive ketones (excluding diaryl/α,β-unsaturated/α-hetero) is 1. The summed E-state index contributed by atoms with van der Waals surface area (Å²) >= 11 is 3.24. The Morgan fingerprint density at radius 1 is 1.38 bits per heavy atom. The van der Waals surface area contributed by atoms with Crippen molar-refractivity contribution in [2.24, 2.45) is 0 Å². The van der Waals surface area contributed by atoms with E-state index in [4.69, 9.17) is 0 Å². The lowest BCUT2D eigenvalue weighted by atomic mass is 10.1. The molecule has 0 bridgehead atoms. The second-order valence-electron chi connectivity index (χ2n) is 3.01. The number of carbonyl (C=O) groups is 1. The highest BCUT2D eigenvalue weighted by molar-refractivity contribution is 8.17. The monoisotopic (exact) mass is 222 g/mol. The quantitative estimate of drug-likeness (QED) is 0.728. The number of hydrogen-bond acceptors (Lipinski definition) is 5. The zero-order valence-electron chi connectivity index (χ0n) is 7.47. The fraction of sp³-hybridized carbons (Fsp3) is 0.875. The van der Waals surface area contributed by atoms with E-state index in [0.29, 0.717) is 0 Å². The minimum atomic E-state index is -1.22. The van der Waals surface area contributed by atoms with E-state index in [1.54, 1.807) is 23.5 Å². The molecule has 0 aromatic heterocycles. The van der Waals surface area contributed by atoms with E-state index >= 15 is 0 Å². The van der Waals surface area contributed by atoms with Gasteiger partial charge in [0.15, 0.2) is 5.78 Å². The van der Waals surface area contributed by atoms with Crippen LogP contribution in [0.1, 0.15) is 13.3 Å². The van der Waals surface area contributed by atoms with Crippen molar-refractivity contribution in [3.8, 4) is 0 Å². The Morgan fingerprint density at radius 3 is 2.38 bits per heavy atom. The smallest absolute Gasteiger partial charge is 0.160 e. The van der Waals surface area contributed by atoms with Crippen molar-refractivity contribution in [1.29, 1.82) is 0 Å². The van der Waals surface area contributed by atoms with Crippen LogP contribution in [0.2, 0.25) is 0 Å². The predicted octanol–water partition coefficient (Wildman–Crippen LogP) is 0.493. The van der Waals surface area contributed by atoms with Gasteiger partial charge in [0.2, 0.25) is 0 Å². The van der Waals surface area contributed by atoms with Gasteiger partial charge in [0.1, 0.15) is 12.2 Å². The van der Waals surface area contributed by atoms with Crippen LogP contribution >= 0.6 is 23.5 Å². The molecule has 1 aliphatic rings. The Bertz CT molecular complexity index is 180. The van der Waals surface area contributed by atoms with Gasteiger partial charge in [-0.05, 0) is 24.9 Å². The van der Waals surface area contributed by atoms with Gasteiger partial charge in [-0.3, -0.25) is 4.79 Å². The SMILES string of the molecule is CC(=O)[C@@H](O)[C@@H](O)C1SCCCS1. The molecular weight excluding hydrogens is 208 g/mol. The van der Waals surface area contributed by atoms with Crippen molar-refractivity contribution in [3.63, 3.8) is 0 Å². The number of rotatable bonds is 3. The normalized spacial score (nSPS) is 23.9. The third-order valence-corrected chi connectivity index (χ3v) is 4.95. The zero-order valence-corrected chi connectivity index (χ0v) is 9.11. The van der Waals surface area contributed by atoms with Crippen molar-refractivity contribution < 1.29 is 15.0 Å². The number of aliphatic hydroxyl groups is 2. The first-order valence-electron chi connectivity index (χ1n) is 4.22. The molecule has 1 heterocycles. The van der Waals surface area contributed by atoms with E-state index in [-0.39, 0.29) is 10.4 Å². The molecule has 1 fully saturated rings. The highest BCUT2D eigenvalue weighted by Gasteiger charge is 2.31. The maximum Gasteiger partial charge on any atom is 0.160 e. The summed E-state index contributed by atoms with van der Waals surface area (Å²) in [4.78, 5) is 10.8. The summed E-state index contributed by atoms with van der Waals surface area (Å²) < 4.78 is -0.0485. The predicted molar refractivity (Wildman–Crippen MR) is 56.0 cm³/mol. The molecule has 1 saturated heterocycles. The van der Waals surface area contributed by atoms with Crippen molar-refractivity contribution >= 4 is 29.3 Å². The number of aliphatic hydroxyl groups excluding tert-OH is 2. The maximum atomic E-state index is 10.8. The standard InChI is InChI=1S/C8H14O3S2/c1-5(9)6(10)7(11)8-12-3-2-4-13-8/h6-8,10-11H,2-4H2,1H3/t6-,7-/m1/s1. The summed E-state index contributed by atoms with van der Waals surface area (Å²) in [7, 11) is 0. The van der Waals surface area contributed by atoms with Crippen LogP contribution in [0.3, 0.4) is 0 Å². The zero-order chi connectivity index (χ0) is 9.84. The van der Waals surface area contributed by atoms with Gasteiger partial charge in [0.05, 0.1) is 4.58 Å². The largest absolute Gasteiger partial charge is 0.388 e. The highest BCUT2D eigenvalue weighted by Crippen LogP contribution is 2.33. The van der Waals surface area contributed by atoms with Crippen molar-refractivity contribution in [3.05, 3.63) is 0 Å². The molecule has 1 aliphatic heterocycles. The number of carbonyl (C=O) groups excluding carboxylic acids is 1. The lowest BCUT2D eigenvalue weighted by Crippen LogP contribution is -2.39. The number of thioether (sulfide) groups is 2. The van der Waals surface area contributed by atoms with E-state index in [2.05, 4.69) is 0 Å². The summed E-state index contributed by atoms with van der Waals surface area (Å²) in [5.74, 6) is 1.64. The van der Waals surface area contributed by atoms with Gasteiger partial charge in [-0.25, -0.2) is 0 Å². The molecule has 0 spiro atoms. The fourth-order valence-electron chi connectivity index (χ4n) is 1.09. The second kappa shape index (κ2) is 5.24. The first kappa shape index (κ1) is 11.4. The maximum absolute atomic E-state index is 10.8. The van der Waals surface area contributed by atoms with Crippen LogP contribution in [0.25, 0.3) is 0 Å². The molecule has 5 heteroatoms. The Labute approximate surface area is 86.3 Å². The molecule has 0 aromatic carbocycles. The van der Waals surface area contributed by atoms with Gasteiger partial charge in [-0.15, -0.1) is 23.5 Å². The third-order valence-electron chi connectivity index (χ3n) is 1.87. The molecule has 0 saturated carbocycles. The molecule has 0 aromatic rings.